The second kappa shape index (κ2) is 7.83. The smallest absolute Gasteiger partial charge is 0.163 e. The van der Waals surface area contributed by atoms with E-state index < -0.39 is 0 Å². The lowest BCUT2D eigenvalue weighted by molar-refractivity contribution is 0.0989. The number of fused-ring (bicyclic) bond motifs is 1. The molecule has 1 fully saturated rings. The Labute approximate surface area is 157 Å². The number of hydrogen-bond donors (Lipinski definition) is 0. The molecule has 4 nitrogen and oxygen atoms in total. The largest absolute Gasteiger partial charge is 0.464 e. The third-order valence-corrected chi connectivity index (χ3v) is 6.08. The van der Waals surface area contributed by atoms with Crippen LogP contribution in [0.15, 0.2) is 22.8 Å². The van der Waals surface area contributed by atoms with Crippen LogP contribution >= 0.6 is 0 Å². The molecule has 1 aromatic carbocycles. The Hall–Kier alpha value is -1.81. The predicted molar refractivity (Wildman–Crippen MR) is 108 cm³/mol. The van der Waals surface area contributed by atoms with E-state index in [1.807, 2.05) is 13.0 Å². The first-order chi connectivity index (χ1) is 12.5. The van der Waals surface area contributed by atoms with E-state index in [9.17, 15) is 4.79 Å². The lowest BCUT2D eigenvalue weighted by Crippen LogP contribution is -2.42. The minimum Gasteiger partial charge on any atom is -0.464 e. The molecule has 1 heterocycles. The summed E-state index contributed by atoms with van der Waals surface area (Å²) in [5.41, 5.74) is 3.93. The summed E-state index contributed by atoms with van der Waals surface area (Å²) in [7, 11) is 4.36. The summed E-state index contributed by atoms with van der Waals surface area (Å²) in [6.45, 7) is 7.19. The number of rotatable bonds is 6. The van der Waals surface area contributed by atoms with Gasteiger partial charge in [0, 0.05) is 47.8 Å². The first-order valence-electron chi connectivity index (χ1n) is 9.94. The van der Waals surface area contributed by atoms with Crippen molar-refractivity contribution in [2.24, 2.45) is 0 Å². The molecular formula is C22H32N2O2. The van der Waals surface area contributed by atoms with Crippen LogP contribution in [0.2, 0.25) is 0 Å². The van der Waals surface area contributed by atoms with Gasteiger partial charge >= 0.3 is 0 Å². The van der Waals surface area contributed by atoms with Crippen molar-refractivity contribution >= 4 is 22.4 Å². The number of carbonyl (C=O) groups is 1. The average molecular weight is 357 g/mol. The number of furan rings is 1. The molecule has 0 saturated heterocycles. The number of nitrogens with zero attached hydrogens (tertiary/aromatic N) is 2. The molecule has 0 aliphatic heterocycles. The normalized spacial score (nSPS) is 20.7. The van der Waals surface area contributed by atoms with Gasteiger partial charge in [-0.3, -0.25) is 4.79 Å². The molecule has 0 spiro atoms. The van der Waals surface area contributed by atoms with Gasteiger partial charge in [0.1, 0.15) is 5.58 Å². The molecule has 1 aromatic heterocycles. The molecule has 3 rings (SSSR count). The van der Waals surface area contributed by atoms with E-state index in [-0.39, 0.29) is 5.78 Å². The van der Waals surface area contributed by atoms with Crippen molar-refractivity contribution < 1.29 is 9.21 Å². The molecule has 1 saturated carbocycles. The number of anilines is 1. The van der Waals surface area contributed by atoms with E-state index in [0.717, 1.165) is 28.6 Å². The minimum atomic E-state index is 0.197. The Morgan fingerprint density at radius 2 is 1.81 bits per heavy atom. The second-order valence-corrected chi connectivity index (χ2v) is 7.72. The monoisotopic (exact) mass is 356 g/mol. The molecule has 1 aliphatic carbocycles. The van der Waals surface area contributed by atoms with E-state index in [1.54, 1.807) is 6.26 Å². The number of hydrogen-bond acceptors (Lipinski definition) is 4. The first kappa shape index (κ1) is 19.0. The van der Waals surface area contributed by atoms with Crippen molar-refractivity contribution in [1.29, 1.82) is 0 Å². The van der Waals surface area contributed by atoms with Gasteiger partial charge in [-0.05, 0) is 65.3 Å². The van der Waals surface area contributed by atoms with E-state index in [0.29, 0.717) is 18.5 Å². The summed E-state index contributed by atoms with van der Waals surface area (Å²) in [4.78, 5) is 17.5. The van der Waals surface area contributed by atoms with Gasteiger partial charge in [0.05, 0.1) is 6.26 Å². The van der Waals surface area contributed by atoms with Gasteiger partial charge in [-0.1, -0.05) is 6.92 Å². The molecule has 0 N–H and O–H groups in total. The van der Waals surface area contributed by atoms with Crippen LogP contribution in [0.4, 0.5) is 5.69 Å². The Morgan fingerprint density at radius 3 is 2.38 bits per heavy atom. The fraction of sp³-hybridized carbons (Fsp3) is 0.591. The third-order valence-electron chi connectivity index (χ3n) is 6.08. The van der Waals surface area contributed by atoms with Crippen molar-refractivity contribution in [3.8, 4) is 0 Å². The van der Waals surface area contributed by atoms with Crippen molar-refractivity contribution in [1.82, 2.24) is 4.90 Å². The second-order valence-electron chi connectivity index (χ2n) is 7.72. The van der Waals surface area contributed by atoms with Crippen molar-refractivity contribution in [2.45, 2.75) is 65.0 Å². The standard InChI is InChI=1S/C22H32N2O2/c1-6-20(25)22-15(3)19(14-21-18(22)12-13-26-21)24(7-2)17-10-8-16(9-11-17)23(4)5/h12-14,16-17H,6-11H2,1-5H3. The molecule has 0 atom stereocenters. The molecule has 2 aromatic rings. The Bertz CT molecular complexity index is 770. The van der Waals surface area contributed by atoms with Crippen molar-refractivity contribution in [2.75, 3.05) is 25.5 Å². The summed E-state index contributed by atoms with van der Waals surface area (Å²) < 4.78 is 5.69. The Morgan fingerprint density at radius 1 is 1.15 bits per heavy atom. The van der Waals surface area contributed by atoms with Gasteiger partial charge in [0.15, 0.2) is 5.78 Å². The molecule has 1 aliphatic rings. The summed E-state index contributed by atoms with van der Waals surface area (Å²) in [5, 5.41) is 0.950. The molecule has 142 valence electrons. The third kappa shape index (κ3) is 3.39. The quantitative estimate of drug-likeness (QED) is 0.680. The molecule has 0 bridgehead atoms. The Kier molecular flexibility index (Phi) is 5.71. The average Bonchev–Trinajstić information content (AvgIpc) is 3.10. The van der Waals surface area contributed by atoms with Gasteiger partial charge in [0.25, 0.3) is 0 Å². The minimum absolute atomic E-state index is 0.197. The molecule has 0 radical (unpaired) electrons. The zero-order valence-electron chi connectivity index (χ0n) is 16.8. The van der Waals surface area contributed by atoms with E-state index in [2.05, 4.69) is 43.8 Å². The van der Waals surface area contributed by atoms with Crippen LogP contribution in [0.1, 0.15) is 61.9 Å². The van der Waals surface area contributed by atoms with E-state index in [4.69, 9.17) is 4.42 Å². The maximum atomic E-state index is 12.6. The van der Waals surface area contributed by atoms with Gasteiger partial charge in [-0.15, -0.1) is 0 Å². The fourth-order valence-electron chi connectivity index (χ4n) is 4.55. The predicted octanol–water partition coefficient (Wildman–Crippen LogP) is 5.03. The lowest BCUT2D eigenvalue weighted by Gasteiger charge is -2.40. The maximum Gasteiger partial charge on any atom is 0.163 e. The van der Waals surface area contributed by atoms with Crippen LogP contribution in [-0.4, -0.2) is 43.4 Å². The summed E-state index contributed by atoms with van der Waals surface area (Å²) in [6, 6.07) is 5.29. The highest BCUT2D eigenvalue weighted by atomic mass is 16.3. The SMILES string of the molecule is CCC(=O)c1c(C)c(N(CC)C2CCC(N(C)C)CC2)cc2occc12. The van der Waals surface area contributed by atoms with Gasteiger partial charge in [-0.2, -0.15) is 0 Å². The topological polar surface area (TPSA) is 36.7 Å². The van der Waals surface area contributed by atoms with Crippen LogP contribution in [0, 0.1) is 6.92 Å². The van der Waals surface area contributed by atoms with E-state index >= 15 is 0 Å². The first-order valence-corrected chi connectivity index (χ1v) is 9.94. The summed E-state index contributed by atoms with van der Waals surface area (Å²) in [5.74, 6) is 0.197. The van der Waals surface area contributed by atoms with Crippen molar-refractivity contribution in [3.63, 3.8) is 0 Å². The van der Waals surface area contributed by atoms with Gasteiger partial charge < -0.3 is 14.2 Å². The Balaban J connectivity index is 1.97. The number of carbonyl (C=O) groups excluding carboxylic acids is 1. The number of ketones is 1. The highest BCUT2D eigenvalue weighted by Gasteiger charge is 2.28. The fourth-order valence-corrected chi connectivity index (χ4v) is 4.55. The van der Waals surface area contributed by atoms with Crippen LogP contribution < -0.4 is 4.90 Å². The van der Waals surface area contributed by atoms with Crippen LogP contribution in [0.5, 0.6) is 0 Å². The maximum absolute atomic E-state index is 12.6. The van der Waals surface area contributed by atoms with Crippen molar-refractivity contribution in [3.05, 3.63) is 29.5 Å². The summed E-state index contributed by atoms with van der Waals surface area (Å²) in [6.07, 6.45) is 7.07. The van der Waals surface area contributed by atoms with Crippen LogP contribution in [0.3, 0.4) is 0 Å². The molecule has 26 heavy (non-hydrogen) atoms. The summed E-state index contributed by atoms with van der Waals surface area (Å²) >= 11 is 0. The molecule has 4 heteroatoms. The van der Waals surface area contributed by atoms with Crippen LogP contribution in [0.25, 0.3) is 11.0 Å². The van der Waals surface area contributed by atoms with Gasteiger partial charge in [0.2, 0.25) is 0 Å². The zero-order chi connectivity index (χ0) is 18.8. The molecular weight excluding hydrogens is 324 g/mol. The molecule has 0 unspecified atom stereocenters. The van der Waals surface area contributed by atoms with Gasteiger partial charge in [-0.25, -0.2) is 0 Å². The zero-order valence-corrected chi connectivity index (χ0v) is 16.8. The van der Waals surface area contributed by atoms with E-state index in [1.165, 1.54) is 31.4 Å². The number of Topliss-reactive ketones (excluding diaryl/α,β-unsaturated/α-hetero) is 1. The molecule has 0 amide bonds. The highest BCUT2D eigenvalue weighted by molar-refractivity contribution is 6.10. The lowest BCUT2D eigenvalue weighted by atomic mass is 9.88. The van der Waals surface area contributed by atoms with Crippen LogP contribution in [-0.2, 0) is 0 Å². The highest BCUT2D eigenvalue weighted by Crippen LogP contribution is 2.36. The number of benzene rings is 1.